The number of halogens is 3. The minimum Gasteiger partial charge on any atom is -1.00 e. The molecule has 7 N–H and O–H groups in total. The topological polar surface area (TPSA) is 176 Å². The third-order valence-corrected chi connectivity index (χ3v) is 2.43. The first-order valence-corrected chi connectivity index (χ1v) is 6.15. The van der Waals surface area contributed by atoms with Crippen LogP contribution in [0.25, 0.3) is 0 Å². The first-order valence-electron chi connectivity index (χ1n) is 4.65. The Labute approximate surface area is 134 Å². The van der Waals surface area contributed by atoms with Gasteiger partial charge in [-0.05, 0) is 13.3 Å². The summed E-state index contributed by atoms with van der Waals surface area (Å²) < 4.78 is 58.8. The van der Waals surface area contributed by atoms with E-state index in [1.165, 1.54) is 6.92 Å². The molecule has 0 spiro atoms. The van der Waals surface area contributed by atoms with E-state index < -0.39 is 37.6 Å². The fourth-order valence-corrected chi connectivity index (χ4v) is 0.632. The molecule has 0 aromatic carbocycles. The maximum absolute atomic E-state index is 10.1. The monoisotopic (exact) mass is 338 g/mol. The van der Waals surface area contributed by atoms with E-state index in [1.807, 2.05) is 0 Å². The second-order valence-corrected chi connectivity index (χ2v) is 4.50. The fraction of sp³-hybridized carbons (Fsp3) is 1.00. The van der Waals surface area contributed by atoms with Crippen LogP contribution in [0, 0.1) is 0 Å². The minimum atomic E-state index is -3.75. The van der Waals surface area contributed by atoms with Gasteiger partial charge >= 0.3 is 41.0 Å². The van der Waals surface area contributed by atoms with Crippen molar-refractivity contribution in [1.82, 2.24) is 0 Å². The van der Waals surface area contributed by atoms with Gasteiger partial charge in [0.15, 0.2) is 0 Å². The van der Waals surface area contributed by atoms with Crippen molar-refractivity contribution in [3.05, 3.63) is 0 Å². The van der Waals surface area contributed by atoms with Crippen molar-refractivity contribution in [3.8, 4) is 0 Å². The van der Waals surface area contributed by atoms with Gasteiger partial charge in [0.1, 0.15) is 0 Å². The van der Waals surface area contributed by atoms with E-state index in [0.29, 0.717) is 6.42 Å². The molecule has 0 aromatic heterocycles. The zero-order valence-corrected chi connectivity index (χ0v) is 12.3. The Morgan fingerprint density at radius 3 is 1.10 bits per heavy atom. The summed E-state index contributed by atoms with van der Waals surface area (Å²) in [6.45, 7) is 3.17. The molecule has 0 heterocycles. The van der Waals surface area contributed by atoms with Gasteiger partial charge in [-0.25, -0.2) is 0 Å². The van der Waals surface area contributed by atoms with Gasteiger partial charge in [0.25, 0.3) is 10.1 Å². The molecule has 1 atom stereocenters. The van der Waals surface area contributed by atoms with Crippen LogP contribution in [0.3, 0.4) is 0 Å². The summed E-state index contributed by atoms with van der Waals surface area (Å²) in [4.78, 5) is 0. The Kier molecular flexibility index (Phi) is 31.8. The molecule has 0 amide bonds. The fourth-order valence-electron chi connectivity index (χ4n) is 0.211. The summed E-state index contributed by atoms with van der Waals surface area (Å²) >= 11 is 0. The van der Waals surface area contributed by atoms with Crippen LogP contribution in [0.2, 0.25) is 0 Å². The van der Waals surface area contributed by atoms with E-state index in [-0.39, 0.29) is 20.3 Å². The second-order valence-electron chi connectivity index (χ2n) is 2.67. The minimum absolute atomic E-state index is 0. The summed E-state index contributed by atoms with van der Waals surface area (Å²) in [5.41, 5.74) is 0. The molecule has 9 nitrogen and oxygen atoms in total. The Hall–Kier alpha value is 0.252. The van der Waals surface area contributed by atoms with Gasteiger partial charge in [0.2, 0.25) is 0 Å². The Balaban J connectivity index is -0.0000000400. The average molecular weight is 338 g/mol. The molecular weight excluding hydrogens is 320 g/mol. The van der Waals surface area contributed by atoms with Gasteiger partial charge in [-0.1, -0.05) is 6.92 Å². The number of hydrogen-bond donors (Lipinski definition) is 7. The molecule has 0 aromatic rings. The second kappa shape index (κ2) is 20.3. The number of rotatable bonds is 2. The van der Waals surface area contributed by atoms with Gasteiger partial charge in [-0.2, -0.15) is 8.42 Å². The largest absolute Gasteiger partial charge is 1.00 e. The Morgan fingerprint density at radius 1 is 0.952 bits per heavy atom. The maximum atomic E-state index is 10.1. The summed E-state index contributed by atoms with van der Waals surface area (Å²) in [5, 5.41) is 41.0. The molecule has 21 heavy (non-hydrogen) atoms. The van der Waals surface area contributed by atoms with Crippen molar-refractivity contribution in [2.24, 2.45) is 0 Å². The summed E-state index contributed by atoms with van der Waals surface area (Å²) in [7, 11) is -11.8. The van der Waals surface area contributed by atoms with Gasteiger partial charge in [-0.15, -0.1) is 0 Å². The van der Waals surface area contributed by atoms with Gasteiger partial charge in [0.05, 0.1) is 5.25 Å². The van der Waals surface area contributed by atoms with Gasteiger partial charge in [0, 0.05) is 0 Å². The molecule has 0 saturated carbocycles. The summed E-state index contributed by atoms with van der Waals surface area (Å²) in [6.07, 6.45) is 0.457. The van der Waals surface area contributed by atoms with Crippen LogP contribution in [0.15, 0.2) is 0 Å². The average Bonchev–Trinajstić information content (AvgIpc) is 2.12. The normalized spacial score (nSPS) is 9.90. The van der Waals surface area contributed by atoms with Crippen LogP contribution in [-0.4, -0.2) is 70.6 Å². The van der Waals surface area contributed by atoms with E-state index in [4.69, 9.17) is 34.7 Å². The van der Waals surface area contributed by atoms with E-state index >= 15 is 0 Å². The van der Waals surface area contributed by atoms with Crippen molar-refractivity contribution in [2.75, 3.05) is 0 Å². The molecule has 124 valence electrons. The predicted octanol–water partition coefficient (Wildman–Crippen LogP) is -5.43. The number of hydrogen-bond acceptors (Lipinski definition) is 8. The zero-order chi connectivity index (χ0) is 17.5. The van der Waals surface area contributed by atoms with E-state index in [2.05, 4.69) is 0 Å². The summed E-state index contributed by atoms with van der Waals surface area (Å²) in [6, 6.07) is 0. The molecule has 0 bridgehead atoms. The van der Waals surface area contributed by atoms with E-state index in [1.54, 1.807) is 6.92 Å². The molecule has 1 unspecified atom stereocenters. The summed E-state index contributed by atoms with van der Waals surface area (Å²) in [5.74, 6) is 0. The van der Waals surface area contributed by atoms with Crippen molar-refractivity contribution in [3.63, 3.8) is 0 Å². The van der Waals surface area contributed by atoms with Crippen LogP contribution < -0.4 is 18.9 Å². The molecule has 0 aliphatic heterocycles. The van der Waals surface area contributed by atoms with Gasteiger partial charge in [-0.3, -0.25) is 17.5 Å². The smallest absolute Gasteiger partial charge is 1.00 e. The van der Waals surface area contributed by atoms with Crippen LogP contribution in [-0.2, 0) is 10.1 Å². The molecule has 0 saturated heterocycles. The third kappa shape index (κ3) is 99.1. The third-order valence-electron chi connectivity index (χ3n) is 1.08. The first kappa shape index (κ1) is 33.0. The molecule has 0 aliphatic rings. The van der Waals surface area contributed by atoms with Gasteiger partial charge < -0.3 is 31.6 Å². The van der Waals surface area contributed by atoms with Crippen molar-refractivity contribution in [1.29, 1.82) is 0 Å². The maximum Gasteiger partial charge on any atom is 1.00 e. The Morgan fingerprint density at radius 2 is 1.10 bits per heavy atom. The molecule has 0 rings (SSSR count). The Bertz CT molecular complexity index is 267. The first-order chi connectivity index (χ1) is 8.68. The van der Waals surface area contributed by atoms with Crippen LogP contribution in [0.5, 0.6) is 0 Å². The van der Waals surface area contributed by atoms with Crippen molar-refractivity contribution in [2.45, 2.75) is 25.5 Å². The van der Waals surface area contributed by atoms with Crippen molar-refractivity contribution >= 4 is 32.3 Å². The quantitative estimate of drug-likeness (QED) is 0.191. The van der Waals surface area contributed by atoms with Crippen LogP contribution in [0.1, 0.15) is 21.7 Å². The van der Waals surface area contributed by atoms with E-state index in [9.17, 15) is 21.4 Å². The molecule has 0 aliphatic carbocycles. The molecule has 0 fully saturated rings. The molecule has 17 heteroatoms. The van der Waals surface area contributed by atoms with Crippen molar-refractivity contribution < 1.29 is 76.3 Å². The standard InChI is InChI=1S/C4H10O3S.3BFH2O2.Li.H/c1-3-4(2)8(5,6)7;3*2-1(3)4;;/h4H,3H2,1-2H3,(H,5,6,7);3*3-4H;;/q;;;;+1;-1. The predicted molar refractivity (Wildman–Crippen MR) is 66.3 cm³/mol. The van der Waals surface area contributed by atoms with Crippen LogP contribution >= 0.6 is 0 Å². The van der Waals surface area contributed by atoms with Crippen LogP contribution in [0.4, 0.5) is 12.9 Å². The SMILES string of the molecule is CCC(C)S(=O)(=O)O.OB(O)F.OB(O)F.OB(O)F.[H-].[Li+]. The molecular formula is C4H17B3F3LiO9S. The molecule has 0 radical (unpaired) electrons. The zero-order valence-electron chi connectivity index (χ0n) is 12.5. The van der Waals surface area contributed by atoms with E-state index in [0.717, 1.165) is 0 Å².